The van der Waals surface area contributed by atoms with Gasteiger partial charge in [-0.15, -0.1) is 0 Å². The van der Waals surface area contributed by atoms with Crippen LogP contribution in [0.2, 0.25) is 0 Å². The monoisotopic (exact) mass is 428 g/mol. The third kappa shape index (κ3) is 4.46. The first-order valence-electron chi connectivity index (χ1n) is 10.3. The van der Waals surface area contributed by atoms with E-state index in [1.165, 1.54) is 4.90 Å². The number of nitrogen functional groups attached to an aromatic ring is 1. The van der Waals surface area contributed by atoms with Crippen LogP contribution in [-0.4, -0.2) is 49.0 Å². The van der Waals surface area contributed by atoms with E-state index in [1.54, 1.807) is 48.3 Å². The van der Waals surface area contributed by atoms with Crippen LogP contribution in [0.1, 0.15) is 15.9 Å². The lowest BCUT2D eigenvalue weighted by Gasteiger charge is -2.20. The molecule has 3 N–H and O–H groups in total. The number of nitrogens with zero attached hydrogens (tertiary/aromatic N) is 2. The first kappa shape index (κ1) is 21.1. The average molecular weight is 428 g/mol. The largest absolute Gasteiger partial charge is 0.442 e. The van der Waals surface area contributed by atoms with Crippen LogP contribution in [0.25, 0.3) is 11.1 Å². The van der Waals surface area contributed by atoms with Gasteiger partial charge in [0.2, 0.25) is 0 Å². The Labute approximate surface area is 186 Å². The van der Waals surface area contributed by atoms with Crippen LogP contribution >= 0.6 is 0 Å². The minimum Gasteiger partial charge on any atom is -0.442 e. The van der Waals surface area contributed by atoms with E-state index in [9.17, 15) is 9.59 Å². The third-order valence-corrected chi connectivity index (χ3v) is 5.41. The van der Waals surface area contributed by atoms with Gasteiger partial charge >= 0.3 is 6.09 Å². The zero-order valence-electron chi connectivity index (χ0n) is 17.7. The second-order valence-electron chi connectivity index (χ2n) is 7.71. The van der Waals surface area contributed by atoms with Crippen molar-refractivity contribution in [1.29, 1.82) is 5.41 Å². The molecule has 32 heavy (non-hydrogen) atoms. The Hall–Kier alpha value is -4.13. The summed E-state index contributed by atoms with van der Waals surface area (Å²) in [6.45, 7) is 0.582. The Balaban J connectivity index is 1.40. The summed E-state index contributed by atoms with van der Waals surface area (Å²) >= 11 is 0. The van der Waals surface area contributed by atoms with Crippen LogP contribution in [0, 0.1) is 5.41 Å². The first-order chi connectivity index (χ1) is 15.4. The molecule has 2 amide bonds. The summed E-state index contributed by atoms with van der Waals surface area (Å²) in [4.78, 5) is 28.3. The zero-order valence-corrected chi connectivity index (χ0v) is 17.7. The second-order valence-corrected chi connectivity index (χ2v) is 7.71. The number of hydrogen-bond donors (Lipinski definition) is 2. The Morgan fingerprint density at radius 3 is 2.41 bits per heavy atom. The van der Waals surface area contributed by atoms with E-state index in [1.807, 2.05) is 42.5 Å². The predicted octanol–water partition coefficient (Wildman–Crippen LogP) is 3.74. The number of rotatable bonds is 6. The maximum Gasteiger partial charge on any atom is 0.414 e. The van der Waals surface area contributed by atoms with E-state index < -0.39 is 12.2 Å². The van der Waals surface area contributed by atoms with Crippen LogP contribution in [0.5, 0.6) is 0 Å². The van der Waals surface area contributed by atoms with Gasteiger partial charge in [0, 0.05) is 23.9 Å². The number of nitrogens with one attached hydrogen (secondary N) is 1. The number of carbonyl (C=O) groups is 2. The lowest BCUT2D eigenvalue weighted by Crippen LogP contribution is -2.36. The summed E-state index contributed by atoms with van der Waals surface area (Å²) in [5, 5.41) is 7.58. The molecule has 3 aromatic carbocycles. The molecule has 0 aromatic heterocycles. The van der Waals surface area contributed by atoms with Crippen LogP contribution in [-0.2, 0) is 4.74 Å². The van der Waals surface area contributed by atoms with Gasteiger partial charge in [-0.2, -0.15) is 0 Å². The summed E-state index contributed by atoms with van der Waals surface area (Å²) in [7, 11) is 1.69. The van der Waals surface area contributed by atoms with Crippen molar-refractivity contribution in [3.8, 4) is 11.1 Å². The van der Waals surface area contributed by atoms with Gasteiger partial charge < -0.3 is 15.4 Å². The molecule has 0 bridgehead atoms. The van der Waals surface area contributed by atoms with Crippen molar-refractivity contribution in [2.45, 2.75) is 6.10 Å². The SMILES string of the molecule is CN(CC1CN(c2cccc(C(=N)N)c2)C(=O)O1)C(=O)c1ccc(-c2ccccc2)cc1. The van der Waals surface area contributed by atoms with Crippen molar-refractivity contribution in [3.05, 3.63) is 90.0 Å². The number of nitrogens with two attached hydrogens (primary N) is 1. The molecule has 1 aliphatic rings. The highest BCUT2D eigenvalue weighted by atomic mass is 16.6. The lowest BCUT2D eigenvalue weighted by molar-refractivity contribution is 0.0694. The van der Waals surface area contributed by atoms with Gasteiger partial charge in [-0.3, -0.25) is 15.1 Å². The van der Waals surface area contributed by atoms with Gasteiger partial charge in [-0.1, -0.05) is 54.6 Å². The maximum absolute atomic E-state index is 12.9. The zero-order chi connectivity index (χ0) is 22.7. The van der Waals surface area contributed by atoms with Crippen LogP contribution < -0.4 is 10.6 Å². The summed E-state index contributed by atoms with van der Waals surface area (Å²) in [5.41, 5.74) is 9.39. The molecule has 3 aromatic rings. The van der Waals surface area contributed by atoms with Crippen LogP contribution in [0.4, 0.5) is 10.5 Å². The molecule has 1 aliphatic heterocycles. The molecule has 0 spiro atoms. The Morgan fingerprint density at radius 1 is 1.03 bits per heavy atom. The molecule has 0 saturated carbocycles. The molecule has 4 rings (SSSR count). The molecule has 162 valence electrons. The molecule has 1 unspecified atom stereocenters. The second kappa shape index (κ2) is 8.93. The number of ether oxygens (including phenoxy) is 1. The van der Waals surface area contributed by atoms with Crippen LogP contribution in [0.3, 0.4) is 0 Å². The van der Waals surface area contributed by atoms with Gasteiger partial charge in [0.25, 0.3) is 5.91 Å². The van der Waals surface area contributed by atoms with Crippen molar-refractivity contribution >= 4 is 23.5 Å². The highest BCUT2D eigenvalue weighted by Gasteiger charge is 2.34. The Bertz CT molecular complexity index is 1150. The molecule has 1 fully saturated rings. The van der Waals surface area contributed by atoms with Crippen molar-refractivity contribution < 1.29 is 14.3 Å². The predicted molar refractivity (Wildman–Crippen MR) is 124 cm³/mol. The molecule has 1 saturated heterocycles. The van der Waals surface area contributed by atoms with Crippen molar-refractivity contribution in [1.82, 2.24) is 4.90 Å². The number of benzene rings is 3. The van der Waals surface area contributed by atoms with Gasteiger partial charge in [-0.05, 0) is 35.4 Å². The quantitative estimate of drug-likeness (QED) is 0.461. The van der Waals surface area contributed by atoms with E-state index in [4.69, 9.17) is 15.9 Å². The van der Waals surface area contributed by atoms with E-state index in [0.29, 0.717) is 23.4 Å². The van der Waals surface area contributed by atoms with E-state index in [2.05, 4.69) is 0 Å². The van der Waals surface area contributed by atoms with E-state index in [0.717, 1.165) is 11.1 Å². The average Bonchev–Trinajstić information content (AvgIpc) is 3.19. The lowest BCUT2D eigenvalue weighted by atomic mass is 10.0. The standard InChI is InChI=1S/C25H24N4O3/c1-28(24(30)19-12-10-18(11-13-19)17-6-3-2-4-7-17)15-22-16-29(25(31)32-22)21-9-5-8-20(14-21)23(26)27/h2-14,22H,15-16H2,1H3,(H3,26,27). The fraction of sp³-hybridized carbons (Fsp3) is 0.160. The number of amidine groups is 1. The Morgan fingerprint density at radius 2 is 1.72 bits per heavy atom. The molecular weight excluding hydrogens is 404 g/mol. The molecular formula is C25H24N4O3. The first-order valence-corrected chi connectivity index (χ1v) is 10.3. The molecule has 7 heteroatoms. The third-order valence-electron chi connectivity index (χ3n) is 5.41. The highest BCUT2D eigenvalue weighted by Crippen LogP contribution is 2.24. The highest BCUT2D eigenvalue weighted by molar-refractivity contribution is 5.98. The van der Waals surface area contributed by atoms with Gasteiger partial charge in [0.1, 0.15) is 11.9 Å². The number of anilines is 1. The molecule has 1 heterocycles. The van der Waals surface area contributed by atoms with Crippen molar-refractivity contribution in [2.24, 2.45) is 5.73 Å². The van der Waals surface area contributed by atoms with Gasteiger partial charge in [-0.25, -0.2) is 4.79 Å². The topological polar surface area (TPSA) is 99.7 Å². The minimum absolute atomic E-state index is 0.0698. The number of hydrogen-bond acceptors (Lipinski definition) is 4. The van der Waals surface area contributed by atoms with E-state index in [-0.39, 0.29) is 18.3 Å². The van der Waals surface area contributed by atoms with Gasteiger partial charge in [0.05, 0.1) is 13.1 Å². The van der Waals surface area contributed by atoms with Gasteiger partial charge in [0.15, 0.2) is 0 Å². The number of amides is 2. The smallest absolute Gasteiger partial charge is 0.414 e. The van der Waals surface area contributed by atoms with Crippen molar-refractivity contribution in [2.75, 3.05) is 25.0 Å². The van der Waals surface area contributed by atoms with Crippen molar-refractivity contribution in [3.63, 3.8) is 0 Å². The molecule has 1 atom stereocenters. The maximum atomic E-state index is 12.9. The number of cyclic esters (lactones) is 1. The summed E-state index contributed by atoms with van der Waals surface area (Å²) < 4.78 is 5.47. The fourth-order valence-corrected chi connectivity index (χ4v) is 3.71. The van der Waals surface area contributed by atoms with E-state index >= 15 is 0 Å². The fourth-order valence-electron chi connectivity index (χ4n) is 3.71. The summed E-state index contributed by atoms with van der Waals surface area (Å²) in [5.74, 6) is -0.211. The summed E-state index contributed by atoms with van der Waals surface area (Å²) in [6, 6.07) is 24.3. The Kier molecular flexibility index (Phi) is 5.89. The normalized spacial score (nSPS) is 15.3. The minimum atomic E-state index is -0.483. The number of likely N-dealkylation sites (N-methyl/N-ethyl adjacent to an activating group) is 1. The van der Waals surface area contributed by atoms with Crippen LogP contribution in [0.15, 0.2) is 78.9 Å². The summed E-state index contributed by atoms with van der Waals surface area (Å²) in [6.07, 6.45) is -0.940. The number of carbonyl (C=O) groups excluding carboxylic acids is 2. The molecule has 0 radical (unpaired) electrons. The molecule has 7 nitrogen and oxygen atoms in total. The molecule has 0 aliphatic carbocycles.